The lowest BCUT2D eigenvalue weighted by Gasteiger charge is -2.28. The number of oxazole rings is 1. The summed E-state index contributed by atoms with van der Waals surface area (Å²) in [7, 11) is 0. The van der Waals surface area contributed by atoms with Gasteiger partial charge in [-0.3, -0.25) is 9.69 Å². The molecule has 0 aliphatic rings. The maximum absolute atomic E-state index is 12.2. The lowest BCUT2D eigenvalue weighted by atomic mass is 10.1. The fraction of sp³-hybridized carbons (Fsp3) is 0.304. The number of rotatable bonds is 8. The molecule has 1 atom stereocenters. The van der Waals surface area contributed by atoms with Crippen LogP contribution in [0.3, 0.4) is 0 Å². The van der Waals surface area contributed by atoms with Crippen LogP contribution in [0.15, 0.2) is 65.3 Å². The lowest BCUT2D eigenvalue weighted by Crippen LogP contribution is -2.30. The third kappa shape index (κ3) is 5.92. The summed E-state index contributed by atoms with van der Waals surface area (Å²) < 4.78 is 5.61. The first-order chi connectivity index (χ1) is 13.9. The summed E-state index contributed by atoms with van der Waals surface area (Å²) in [5.74, 6) is 0.274. The molecule has 1 heterocycles. The molecule has 29 heavy (non-hydrogen) atoms. The molecule has 2 aromatic carbocycles. The molecule has 0 aliphatic carbocycles. The molecule has 1 aromatic heterocycles. The Hall–Kier alpha value is -2.63. The van der Waals surface area contributed by atoms with E-state index in [-0.39, 0.29) is 18.0 Å². The van der Waals surface area contributed by atoms with Crippen LogP contribution in [0, 0.1) is 0 Å². The van der Waals surface area contributed by atoms with Gasteiger partial charge in [0.15, 0.2) is 5.69 Å². The zero-order chi connectivity index (χ0) is 20.8. The van der Waals surface area contributed by atoms with Crippen LogP contribution in [0.25, 0.3) is 0 Å². The van der Waals surface area contributed by atoms with E-state index >= 15 is 0 Å². The van der Waals surface area contributed by atoms with Crippen molar-refractivity contribution in [2.45, 2.75) is 45.9 Å². The van der Waals surface area contributed by atoms with Gasteiger partial charge >= 0.3 is 0 Å². The lowest BCUT2D eigenvalue weighted by molar-refractivity contribution is 0.0938. The van der Waals surface area contributed by atoms with Crippen molar-refractivity contribution in [1.29, 1.82) is 0 Å². The Morgan fingerprint density at radius 2 is 1.86 bits per heavy atom. The molecule has 6 heteroatoms. The number of aromatic nitrogens is 1. The van der Waals surface area contributed by atoms with Gasteiger partial charge in [0.05, 0.1) is 6.54 Å². The summed E-state index contributed by atoms with van der Waals surface area (Å²) in [4.78, 5) is 18.8. The van der Waals surface area contributed by atoms with E-state index < -0.39 is 0 Å². The van der Waals surface area contributed by atoms with E-state index in [0.29, 0.717) is 29.7 Å². The van der Waals surface area contributed by atoms with Crippen molar-refractivity contribution in [3.63, 3.8) is 0 Å². The van der Waals surface area contributed by atoms with Crippen molar-refractivity contribution < 1.29 is 9.21 Å². The molecular weight excluding hydrogens is 386 g/mol. The van der Waals surface area contributed by atoms with Crippen molar-refractivity contribution >= 4 is 17.5 Å². The van der Waals surface area contributed by atoms with Crippen LogP contribution < -0.4 is 5.32 Å². The second-order valence-electron chi connectivity index (χ2n) is 7.38. The molecule has 0 saturated carbocycles. The Morgan fingerprint density at radius 1 is 1.10 bits per heavy atom. The molecule has 0 spiro atoms. The number of nitrogens with zero attached hydrogens (tertiary/aromatic N) is 2. The molecule has 0 fully saturated rings. The summed E-state index contributed by atoms with van der Waals surface area (Å²) in [6, 6.07) is 18.3. The number of carbonyl (C=O) groups is 1. The standard InChI is InChI=1S/C23H26ClN3O2/c1-16(2)25-23(28)21-15-29-22(26-21)14-27(13-18-8-7-11-20(24)12-18)17(3)19-9-5-4-6-10-19/h4-12,15-17H,13-14H2,1-3H3,(H,25,28)/t17-/m0/s1. The number of amides is 1. The quantitative estimate of drug-likeness (QED) is 0.551. The Morgan fingerprint density at radius 3 is 2.55 bits per heavy atom. The molecule has 1 N–H and O–H groups in total. The van der Waals surface area contributed by atoms with Gasteiger partial charge in [-0.15, -0.1) is 0 Å². The second-order valence-corrected chi connectivity index (χ2v) is 7.81. The summed E-state index contributed by atoms with van der Waals surface area (Å²) in [5, 5.41) is 3.54. The summed E-state index contributed by atoms with van der Waals surface area (Å²) in [6.45, 7) is 7.11. The van der Waals surface area contributed by atoms with E-state index in [1.807, 2.05) is 56.3 Å². The molecule has 5 nitrogen and oxygen atoms in total. The highest BCUT2D eigenvalue weighted by molar-refractivity contribution is 6.30. The topological polar surface area (TPSA) is 58.4 Å². The van der Waals surface area contributed by atoms with E-state index in [0.717, 1.165) is 5.56 Å². The number of hydrogen-bond acceptors (Lipinski definition) is 4. The van der Waals surface area contributed by atoms with Crippen LogP contribution in [0.5, 0.6) is 0 Å². The molecule has 3 rings (SSSR count). The maximum Gasteiger partial charge on any atom is 0.273 e. The molecule has 0 unspecified atom stereocenters. The Labute approximate surface area is 176 Å². The molecular formula is C23H26ClN3O2. The largest absolute Gasteiger partial charge is 0.447 e. The monoisotopic (exact) mass is 411 g/mol. The Balaban J connectivity index is 1.81. The molecule has 0 saturated heterocycles. The van der Waals surface area contributed by atoms with Crippen LogP contribution in [0.4, 0.5) is 0 Å². The van der Waals surface area contributed by atoms with E-state index in [4.69, 9.17) is 16.0 Å². The average molecular weight is 412 g/mol. The molecule has 3 aromatic rings. The van der Waals surface area contributed by atoms with Gasteiger partial charge in [-0.25, -0.2) is 4.98 Å². The third-order valence-electron chi connectivity index (χ3n) is 4.65. The van der Waals surface area contributed by atoms with Gasteiger partial charge in [0.25, 0.3) is 5.91 Å². The predicted molar refractivity (Wildman–Crippen MR) is 115 cm³/mol. The zero-order valence-corrected chi connectivity index (χ0v) is 17.7. The van der Waals surface area contributed by atoms with Crippen molar-refractivity contribution in [2.24, 2.45) is 0 Å². The predicted octanol–water partition coefficient (Wildman–Crippen LogP) is 5.23. The third-order valence-corrected chi connectivity index (χ3v) is 4.88. The van der Waals surface area contributed by atoms with Crippen molar-refractivity contribution in [1.82, 2.24) is 15.2 Å². The summed E-state index contributed by atoms with van der Waals surface area (Å²) in [6.07, 6.45) is 1.41. The first-order valence-corrected chi connectivity index (χ1v) is 10.1. The Bertz CT molecular complexity index is 940. The first-order valence-electron chi connectivity index (χ1n) is 9.71. The summed E-state index contributed by atoms with van der Waals surface area (Å²) >= 11 is 6.17. The van der Waals surface area contributed by atoms with Gasteiger partial charge in [0.2, 0.25) is 5.89 Å². The molecule has 0 aliphatic heterocycles. The minimum atomic E-state index is -0.229. The normalized spacial score (nSPS) is 12.3. The van der Waals surface area contributed by atoms with E-state index in [2.05, 4.69) is 34.3 Å². The van der Waals surface area contributed by atoms with Gasteiger partial charge in [-0.05, 0) is 44.0 Å². The van der Waals surface area contributed by atoms with Crippen LogP contribution in [-0.4, -0.2) is 21.8 Å². The van der Waals surface area contributed by atoms with E-state index in [1.165, 1.54) is 11.8 Å². The maximum atomic E-state index is 12.2. The minimum absolute atomic E-state index is 0.0417. The highest BCUT2D eigenvalue weighted by Gasteiger charge is 2.20. The van der Waals surface area contributed by atoms with E-state index in [1.54, 1.807) is 0 Å². The molecule has 1 amide bonds. The van der Waals surface area contributed by atoms with Crippen molar-refractivity contribution in [2.75, 3.05) is 0 Å². The van der Waals surface area contributed by atoms with Gasteiger partial charge in [-0.1, -0.05) is 54.1 Å². The van der Waals surface area contributed by atoms with Crippen LogP contribution in [0.2, 0.25) is 5.02 Å². The van der Waals surface area contributed by atoms with Crippen LogP contribution in [0.1, 0.15) is 54.3 Å². The van der Waals surface area contributed by atoms with E-state index in [9.17, 15) is 4.79 Å². The fourth-order valence-corrected chi connectivity index (χ4v) is 3.35. The zero-order valence-electron chi connectivity index (χ0n) is 16.9. The number of halogens is 1. The van der Waals surface area contributed by atoms with Crippen LogP contribution in [-0.2, 0) is 13.1 Å². The average Bonchev–Trinajstić information content (AvgIpc) is 3.16. The summed E-state index contributed by atoms with van der Waals surface area (Å²) in [5.41, 5.74) is 2.59. The number of hydrogen-bond donors (Lipinski definition) is 1. The SMILES string of the molecule is CC(C)NC(=O)c1coc(CN(Cc2cccc(Cl)c2)[C@@H](C)c2ccccc2)n1. The minimum Gasteiger partial charge on any atom is -0.447 e. The fourth-order valence-electron chi connectivity index (χ4n) is 3.14. The van der Waals surface area contributed by atoms with Crippen LogP contribution >= 0.6 is 11.6 Å². The van der Waals surface area contributed by atoms with Gasteiger partial charge < -0.3 is 9.73 Å². The number of carbonyl (C=O) groups excluding carboxylic acids is 1. The first kappa shape index (κ1) is 21.1. The Kier molecular flexibility index (Phi) is 7.07. The molecule has 0 radical (unpaired) electrons. The molecule has 0 bridgehead atoms. The highest BCUT2D eigenvalue weighted by atomic mass is 35.5. The molecule has 152 valence electrons. The van der Waals surface area contributed by atoms with Gasteiger partial charge in [-0.2, -0.15) is 0 Å². The number of nitrogens with one attached hydrogen (secondary N) is 1. The van der Waals surface area contributed by atoms with Gasteiger partial charge in [0, 0.05) is 23.7 Å². The van der Waals surface area contributed by atoms with Gasteiger partial charge in [0.1, 0.15) is 6.26 Å². The smallest absolute Gasteiger partial charge is 0.273 e. The second kappa shape index (κ2) is 9.72. The van der Waals surface area contributed by atoms with Crippen molar-refractivity contribution in [3.05, 3.63) is 88.6 Å². The highest BCUT2D eigenvalue weighted by Crippen LogP contribution is 2.25. The number of benzene rings is 2. The van der Waals surface area contributed by atoms with Crippen molar-refractivity contribution in [3.8, 4) is 0 Å².